The van der Waals surface area contributed by atoms with Crippen LogP contribution in [-0.2, 0) is 21.4 Å². The first-order chi connectivity index (χ1) is 9.78. The Hall–Kier alpha value is -1.87. The molecular weight excluding hydrogens is 298 g/mol. The van der Waals surface area contributed by atoms with Crippen molar-refractivity contribution in [1.29, 1.82) is 0 Å². The minimum Gasteiger partial charge on any atom is -0.477 e. The summed E-state index contributed by atoms with van der Waals surface area (Å²) in [7, 11) is -3.93. The maximum Gasteiger partial charge on any atom is 0.352 e. The zero-order chi connectivity index (χ0) is 15.8. The smallest absolute Gasteiger partial charge is 0.352 e. The van der Waals surface area contributed by atoms with E-state index >= 15 is 0 Å². The maximum absolute atomic E-state index is 12.6. The molecule has 1 unspecified atom stereocenters. The number of hydrogen-bond acceptors (Lipinski definition) is 4. The van der Waals surface area contributed by atoms with Crippen LogP contribution in [0.3, 0.4) is 0 Å². The molecule has 1 aliphatic heterocycles. The molecule has 9 heteroatoms. The molecule has 0 spiro atoms. The average molecular weight is 315 g/mol. The average Bonchev–Trinajstić information content (AvgIpc) is 3.05. The Bertz CT molecular complexity index is 679. The number of nitrogens with zero attached hydrogens (tertiary/aromatic N) is 2. The molecule has 0 aromatic carbocycles. The Kier molecular flexibility index (Phi) is 4.06. The van der Waals surface area contributed by atoms with Crippen molar-refractivity contribution in [3.05, 3.63) is 18.0 Å². The number of carboxylic acid groups (broad SMARTS) is 1. The quantitative estimate of drug-likeness (QED) is 0.782. The van der Waals surface area contributed by atoms with E-state index in [9.17, 15) is 18.0 Å². The molecule has 21 heavy (non-hydrogen) atoms. The predicted octanol–water partition coefficient (Wildman–Crippen LogP) is -0.155. The van der Waals surface area contributed by atoms with E-state index in [1.54, 1.807) is 6.92 Å². The van der Waals surface area contributed by atoms with Gasteiger partial charge in [0.1, 0.15) is 16.6 Å². The lowest BCUT2D eigenvalue weighted by molar-refractivity contribution is -0.121. The van der Waals surface area contributed by atoms with E-state index in [-0.39, 0.29) is 17.1 Å². The van der Waals surface area contributed by atoms with E-state index in [2.05, 4.69) is 0 Å². The van der Waals surface area contributed by atoms with Crippen LogP contribution in [0.1, 0.15) is 30.3 Å². The van der Waals surface area contributed by atoms with Crippen LogP contribution in [0.4, 0.5) is 0 Å². The van der Waals surface area contributed by atoms with Gasteiger partial charge in [0, 0.05) is 19.3 Å². The number of aromatic carboxylic acids is 1. The summed E-state index contributed by atoms with van der Waals surface area (Å²) in [5.74, 6) is -1.89. The molecule has 2 rings (SSSR count). The Morgan fingerprint density at radius 3 is 2.62 bits per heavy atom. The topological polar surface area (TPSA) is 123 Å². The van der Waals surface area contributed by atoms with E-state index in [1.807, 2.05) is 0 Å². The summed E-state index contributed by atoms with van der Waals surface area (Å²) < 4.78 is 27.5. The van der Waals surface area contributed by atoms with Crippen LogP contribution in [-0.4, -0.2) is 46.9 Å². The second kappa shape index (κ2) is 5.49. The van der Waals surface area contributed by atoms with Gasteiger partial charge in [-0.1, -0.05) is 0 Å². The van der Waals surface area contributed by atoms with E-state index < -0.39 is 27.9 Å². The zero-order valence-corrected chi connectivity index (χ0v) is 12.3. The van der Waals surface area contributed by atoms with Crippen molar-refractivity contribution < 1.29 is 23.1 Å². The molecule has 1 saturated heterocycles. The molecule has 1 aliphatic rings. The van der Waals surface area contributed by atoms with Crippen LogP contribution in [0.2, 0.25) is 0 Å². The van der Waals surface area contributed by atoms with Gasteiger partial charge < -0.3 is 15.4 Å². The number of rotatable bonds is 5. The number of carbonyl (C=O) groups excluding carboxylic acids is 1. The highest BCUT2D eigenvalue weighted by Crippen LogP contribution is 2.27. The van der Waals surface area contributed by atoms with Crippen LogP contribution >= 0.6 is 0 Å². The fraction of sp³-hybridized carbons (Fsp3) is 0.500. The number of carboxylic acids is 1. The molecule has 3 N–H and O–H groups in total. The molecule has 0 aliphatic carbocycles. The molecule has 2 heterocycles. The highest BCUT2D eigenvalue weighted by molar-refractivity contribution is 7.89. The number of aryl methyl sites for hydroxylation is 1. The summed E-state index contributed by atoms with van der Waals surface area (Å²) in [5.41, 5.74) is 5.12. The molecule has 1 aromatic rings. The number of carbonyl (C=O) groups is 2. The first-order valence-corrected chi connectivity index (χ1v) is 7.97. The SMILES string of the molecule is CCn1cc(S(=O)(=O)N2CCCC2C(N)=O)cc1C(=O)O. The fourth-order valence-electron chi connectivity index (χ4n) is 2.51. The Balaban J connectivity index is 2.45. The van der Waals surface area contributed by atoms with Gasteiger partial charge in [0.05, 0.1) is 0 Å². The highest BCUT2D eigenvalue weighted by atomic mass is 32.2. The van der Waals surface area contributed by atoms with Crippen LogP contribution in [0.25, 0.3) is 0 Å². The second-order valence-corrected chi connectivity index (χ2v) is 6.72. The number of hydrogen-bond donors (Lipinski definition) is 2. The van der Waals surface area contributed by atoms with Crippen molar-refractivity contribution >= 4 is 21.9 Å². The number of amides is 1. The summed E-state index contributed by atoms with van der Waals surface area (Å²) in [6.07, 6.45) is 2.21. The molecule has 1 atom stereocenters. The molecule has 0 bridgehead atoms. The first kappa shape index (κ1) is 15.5. The van der Waals surface area contributed by atoms with Gasteiger partial charge in [-0.3, -0.25) is 4.79 Å². The molecule has 8 nitrogen and oxygen atoms in total. The molecule has 0 saturated carbocycles. The highest BCUT2D eigenvalue weighted by Gasteiger charge is 2.39. The minimum absolute atomic E-state index is 0.106. The number of aromatic nitrogens is 1. The summed E-state index contributed by atoms with van der Waals surface area (Å²) in [4.78, 5) is 22.3. The normalized spacial score (nSPS) is 19.8. The lowest BCUT2D eigenvalue weighted by Crippen LogP contribution is -2.43. The van der Waals surface area contributed by atoms with Gasteiger partial charge >= 0.3 is 5.97 Å². The van der Waals surface area contributed by atoms with Gasteiger partial charge in [-0.15, -0.1) is 0 Å². The Morgan fingerprint density at radius 1 is 1.48 bits per heavy atom. The van der Waals surface area contributed by atoms with Crippen molar-refractivity contribution in [2.75, 3.05) is 6.54 Å². The van der Waals surface area contributed by atoms with Gasteiger partial charge in [0.15, 0.2) is 0 Å². The van der Waals surface area contributed by atoms with Crippen molar-refractivity contribution in [2.45, 2.75) is 37.2 Å². The summed E-state index contributed by atoms with van der Waals surface area (Å²) in [5, 5.41) is 9.08. The largest absolute Gasteiger partial charge is 0.477 e. The van der Waals surface area contributed by atoms with Gasteiger partial charge in [-0.05, 0) is 25.8 Å². The molecule has 1 fully saturated rings. The standard InChI is InChI=1S/C12H17N3O5S/c1-2-14-7-8(6-10(14)12(17)18)21(19,20)15-5-3-4-9(15)11(13)16/h6-7,9H,2-5H2,1H3,(H2,13,16)(H,17,18). The third-order valence-corrected chi connectivity index (χ3v) is 5.44. The molecular formula is C12H17N3O5S. The third kappa shape index (κ3) is 2.66. The van der Waals surface area contributed by atoms with Crippen molar-refractivity contribution in [1.82, 2.24) is 8.87 Å². The van der Waals surface area contributed by atoms with Crippen molar-refractivity contribution in [2.24, 2.45) is 5.73 Å². The summed E-state index contributed by atoms with van der Waals surface area (Å²) >= 11 is 0. The first-order valence-electron chi connectivity index (χ1n) is 6.53. The van der Waals surface area contributed by atoms with E-state index in [0.717, 1.165) is 10.4 Å². The van der Waals surface area contributed by atoms with Gasteiger partial charge in [0.2, 0.25) is 15.9 Å². The molecule has 1 amide bonds. The van der Waals surface area contributed by atoms with E-state index in [1.165, 1.54) is 10.8 Å². The maximum atomic E-state index is 12.6. The number of primary amides is 1. The lowest BCUT2D eigenvalue weighted by Gasteiger charge is -2.20. The van der Waals surface area contributed by atoms with E-state index in [4.69, 9.17) is 10.8 Å². The summed E-state index contributed by atoms with van der Waals surface area (Å²) in [6, 6.07) is 0.241. The Morgan fingerprint density at radius 2 is 2.14 bits per heavy atom. The number of nitrogens with two attached hydrogens (primary N) is 1. The zero-order valence-electron chi connectivity index (χ0n) is 11.5. The Labute approximate surface area is 122 Å². The lowest BCUT2D eigenvalue weighted by atomic mass is 10.2. The molecule has 116 valence electrons. The molecule has 0 radical (unpaired) electrons. The van der Waals surface area contributed by atoms with Crippen LogP contribution < -0.4 is 5.73 Å². The number of sulfonamides is 1. The summed E-state index contributed by atoms with van der Waals surface area (Å²) in [6.45, 7) is 2.25. The fourth-order valence-corrected chi connectivity index (χ4v) is 4.22. The van der Waals surface area contributed by atoms with Gasteiger partial charge in [-0.2, -0.15) is 4.31 Å². The van der Waals surface area contributed by atoms with Crippen LogP contribution in [0.15, 0.2) is 17.2 Å². The van der Waals surface area contributed by atoms with Crippen LogP contribution in [0.5, 0.6) is 0 Å². The predicted molar refractivity (Wildman–Crippen MR) is 73.2 cm³/mol. The monoisotopic (exact) mass is 315 g/mol. The van der Waals surface area contributed by atoms with Crippen molar-refractivity contribution in [3.8, 4) is 0 Å². The van der Waals surface area contributed by atoms with E-state index in [0.29, 0.717) is 19.4 Å². The van der Waals surface area contributed by atoms with Crippen LogP contribution in [0, 0.1) is 0 Å². The third-order valence-electron chi connectivity index (χ3n) is 3.57. The second-order valence-electron chi connectivity index (χ2n) is 4.83. The van der Waals surface area contributed by atoms with Crippen molar-refractivity contribution in [3.63, 3.8) is 0 Å². The van der Waals surface area contributed by atoms with Gasteiger partial charge in [-0.25, -0.2) is 13.2 Å². The molecule has 1 aromatic heterocycles. The minimum atomic E-state index is -3.93. The van der Waals surface area contributed by atoms with Gasteiger partial charge in [0.25, 0.3) is 0 Å².